The lowest BCUT2D eigenvalue weighted by molar-refractivity contribution is -0.113. The predicted octanol–water partition coefficient (Wildman–Crippen LogP) is 5.10. The third-order valence-corrected chi connectivity index (χ3v) is 8.82. The molecule has 0 unspecified atom stereocenters. The number of allylic oxidation sites excluding steroid dienone is 1. The molecule has 0 fully saturated rings. The number of anilines is 1. The number of rotatable bonds is 6. The van der Waals surface area contributed by atoms with Crippen LogP contribution in [0, 0.1) is 7.14 Å². The quantitative estimate of drug-likeness (QED) is 0.278. The van der Waals surface area contributed by atoms with Gasteiger partial charge in [0.25, 0.3) is 11.5 Å². The van der Waals surface area contributed by atoms with Crippen LogP contribution in [0.1, 0.15) is 24.1 Å². The summed E-state index contributed by atoms with van der Waals surface area (Å²) < 4.78 is 15.0. The average molecular weight is 763 g/mol. The van der Waals surface area contributed by atoms with Crippen molar-refractivity contribution in [1.29, 1.82) is 0 Å². The number of hydrogen-bond acceptors (Lipinski definition) is 6. The van der Waals surface area contributed by atoms with Gasteiger partial charge < -0.3 is 14.8 Å². The Kier molecular flexibility index (Phi) is 8.24. The second kappa shape index (κ2) is 11.6. The summed E-state index contributed by atoms with van der Waals surface area (Å²) in [6.45, 7) is 1.80. The van der Waals surface area contributed by atoms with E-state index >= 15 is 0 Å². The minimum absolute atomic E-state index is 0.218. The summed E-state index contributed by atoms with van der Waals surface area (Å²) >= 11 is 5.76. The van der Waals surface area contributed by atoms with Gasteiger partial charge in [-0.3, -0.25) is 14.2 Å². The zero-order valence-corrected chi connectivity index (χ0v) is 26.3. The van der Waals surface area contributed by atoms with E-state index in [0.29, 0.717) is 32.0 Å². The molecule has 39 heavy (non-hydrogen) atoms. The van der Waals surface area contributed by atoms with Crippen molar-refractivity contribution >= 4 is 74.2 Å². The van der Waals surface area contributed by atoms with Gasteiger partial charge in [0, 0.05) is 5.69 Å². The minimum atomic E-state index is -0.682. The number of benzene rings is 3. The number of halogens is 2. The number of hydrogen-bond donors (Lipinski definition) is 1. The Morgan fingerprint density at radius 2 is 1.74 bits per heavy atom. The van der Waals surface area contributed by atoms with Crippen LogP contribution < -0.4 is 29.7 Å². The van der Waals surface area contributed by atoms with Gasteiger partial charge >= 0.3 is 0 Å². The van der Waals surface area contributed by atoms with Crippen LogP contribution >= 0.6 is 56.5 Å². The number of aromatic nitrogens is 1. The Bertz CT molecular complexity index is 1770. The molecule has 3 aromatic carbocycles. The zero-order chi connectivity index (χ0) is 27.7. The van der Waals surface area contributed by atoms with Gasteiger partial charge in [-0.2, -0.15) is 0 Å². The van der Waals surface area contributed by atoms with Gasteiger partial charge in [-0.15, -0.1) is 0 Å². The van der Waals surface area contributed by atoms with Crippen LogP contribution in [0.15, 0.2) is 87.8 Å². The molecule has 0 bridgehead atoms. The highest BCUT2D eigenvalue weighted by atomic mass is 127. The van der Waals surface area contributed by atoms with Crippen molar-refractivity contribution in [2.24, 2.45) is 4.99 Å². The molecule has 0 radical (unpaired) electrons. The van der Waals surface area contributed by atoms with Crippen LogP contribution in [0.5, 0.6) is 11.5 Å². The molecule has 1 amide bonds. The van der Waals surface area contributed by atoms with Crippen LogP contribution in [0.4, 0.5) is 5.69 Å². The van der Waals surface area contributed by atoms with E-state index in [4.69, 9.17) is 14.5 Å². The second-order valence-electron chi connectivity index (χ2n) is 8.70. The van der Waals surface area contributed by atoms with Gasteiger partial charge in [0.2, 0.25) is 0 Å². The van der Waals surface area contributed by atoms with Gasteiger partial charge in [0.05, 0.1) is 43.2 Å². The summed E-state index contributed by atoms with van der Waals surface area (Å²) in [5.41, 5.74) is 3.03. The lowest BCUT2D eigenvalue weighted by Crippen LogP contribution is -2.40. The van der Waals surface area contributed by atoms with Crippen molar-refractivity contribution in [3.05, 3.63) is 116 Å². The minimum Gasteiger partial charge on any atom is -0.497 e. The molecular weight excluding hydrogens is 740 g/mol. The number of carbonyl (C=O) groups excluding carboxylic acids is 1. The molecule has 1 aliphatic rings. The van der Waals surface area contributed by atoms with E-state index in [0.717, 1.165) is 24.0 Å². The van der Waals surface area contributed by atoms with Crippen LogP contribution in [0.2, 0.25) is 0 Å². The summed E-state index contributed by atoms with van der Waals surface area (Å²) in [6.07, 6.45) is 1.86. The Morgan fingerprint density at radius 1 is 1.03 bits per heavy atom. The summed E-state index contributed by atoms with van der Waals surface area (Å²) in [6, 6.07) is 19.9. The standard InChI is InChI=1S/C29H23I2N3O4S/c1-16-24(27(35)33-19-9-5-4-6-10-19)25(18-8-7-11-20(15-18)37-2)34-28(36)23(39-29(34)32-16)14-17-12-21(30)26(38-3)22(31)13-17/h4-15,25H,1-3H3,(H,33,35)/b23-14-/t25-/m0/s1. The Balaban J connectivity index is 1.69. The summed E-state index contributed by atoms with van der Waals surface area (Å²) in [7, 11) is 3.23. The zero-order valence-electron chi connectivity index (χ0n) is 21.2. The van der Waals surface area contributed by atoms with Crippen LogP contribution in [0.3, 0.4) is 0 Å². The number of para-hydroxylation sites is 1. The Labute approximate surface area is 256 Å². The van der Waals surface area contributed by atoms with E-state index in [9.17, 15) is 9.59 Å². The number of fused-ring (bicyclic) bond motifs is 1. The van der Waals surface area contributed by atoms with Gasteiger partial charge in [-0.05, 0) is 106 Å². The lowest BCUT2D eigenvalue weighted by Gasteiger charge is -2.25. The first-order chi connectivity index (χ1) is 18.8. The molecule has 1 aliphatic heterocycles. The lowest BCUT2D eigenvalue weighted by atomic mass is 9.95. The number of carbonyl (C=O) groups is 1. The van der Waals surface area contributed by atoms with Gasteiger partial charge in [-0.1, -0.05) is 41.7 Å². The molecule has 0 spiro atoms. The first-order valence-corrected chi connectivity index (χ1v) is 14.8. The van der Waals surface area contributed by atoms with Crippen molar-refractivity contribution in [3.8, 4) is 11.5 Å². The molecule has 1 atom stereocenters. The molecule has 10 heteroatoms. The Hall–Kier alpha value is -2.97. The van der Waals surface area contributed by atoms with Gasteiger partial charge in [0.15, 0.2) is 4.80 Å². The van der Waals surface area contributed by atoms with Crippen molar-refractivity contribution < 1.29 is 14.3 Å². The molecule has 1 N–H and O–H groups in total. The maximum atomic E-state index is 14.0. The molecule has 7 nitrogen and oxygen atoms in total. The van der Waals surface area contributed by atoms with E-state index in [-0.39, 0.29) is 11.5 Å². The number of nitrogens with one attached hydrogen (secondary N) is 1. The van der Waals surface area contributed by atoms with Crippen LogP contribution in [-0.2, 0) is 4.79 Å². The molecule has 4 aromatic rings. The maximum absolute atomic E-state index is 14.0. The monoisotopic (exact) mass is 763 g/mol. The molecule has 0 saturated heterocycles. The molecular formula is C29H23I2N3O4S. The van der Waals surface area contributed by atoms with Crippen molar-refractivity contribution in [1.82, 2.24) is 4.57 Å². The average Bonchev–Trinajstić information content (AvgIpc) is 3.22. The fourth-order valence-corrected chi connectivity index (χ4v) is 7.77. The molecule has 1 aromatic heterocycles. The number of ether oxygens (including phenoxy) is 2. The fraction of sp³-hybridized carbons (Fsp3) is 0.138. The second-order valence-corrected chi connectivity index (χ2v) is 12.0. The third kappa shape index (κ3) is 5.54. The van der Waals surface area contributed by atoms with E-state index in [1.165, 1.54) is 11.3 Å². The normalized spacial score (nSPS) is 15.0. The largest absolute Gasteiger partial charge is 0.497 e. The maximum Gasteiger partial charge on any atom is 0.271 e. The first kappa shape index (κ1) is 27.6. The van der Waals surface area contributed by atoms with E-state index < -0.39 is 6.04 Å². The summed E-state index contributed by atoms with van der Waals surface area (Å²) in [5.74, 6) is 1.12. The number of thiazole rings is 1. The van der Waals surface area contributed by atoms with E-state index in [2.05, 4.69) is 50.5 Å². The Morgan fingerprint density at radius 3 is 2.41 bits per heavy atom. The highest BCUT2D eigenvalue weighted by Gasteiger charge is 2.32. The summed E-state index contributed by atoms with van der Waals surface area (Å²) in [5, 5.41) is 2.97. The van der Waals surface area contributed by atoms with Crippen molar-refractivity contribution in [2.75, 3.05) is 19.5 Å². The van der Waals surface area contributed by atoms with Crippen molar-refractivity contribution in [3.63, 3.8) is 0 Å². The topological polar surface area (TPSA) is 81.9 Å². The SMILES string of the molecule is COc1cccc([C@H]2C(C(=O)Nc3ccccc3)=C(C)N=c3s/c(=C\c4cc(I)c(OC)c(I)c4)c(=O)n32)c1. The fourth-order valence-electron chi connectivity index (χ4n) is 4.47. The molecule has 0 saturated carbocycles. The van der Waals surface area contributed by atoms with Crippen molar-refractivity contribution in [2.45, 2.75) is 13.0 Å². The van der Waals surface area contributed by atoms with Gasteiger partial charge in [-0.25, -0.2) is 4.99 Å². The van der Waals surface area contributed by atoms with E-state index in [1.54, 1.807) is 25.7 Å². The van der Waals surface area contributed by atoms with Crippen LogP contribution in [-0.4, -0.2) is 24.7 Å². The molecule has 198 valence electrons. The number of nitrogens with zero attached hydrogens (tertiary/aromatic N) is 2. The smallest absolute Gasteiger partial charge is 0.271 e. The summed E-state index contributed by atoms with van der Waals surface area (Å²) in [4.78, 5) is 32.9. The van der Waals surface area contributed by atoms with E-state index in [1.807, 2.05) is 72.8 Å². The third-order valence-electron chi connectivity index (χ3n) is 6.23. The highest BCUT2D eigenvalue weighted by Crippen LogP contribution is 2.33. The van der Waals surface area contributed by atoms with Crippen LogP contribution in [0.25, 0.3) is 6.08 Å². The predicted molar refractivity (Wildman–Crippen MR) is 170 cm³/mol. The number of amides is 1. The molecule has 0 aliphatic carbocycles. The van der Waals surface area contributed by atoms with Gasteiger partial charge in [0.1, 0.15) is 11.5 Å². The number of methoxy groups -OCH3 is 2. The first-order valence-electron chi connectivity index (χ1n) is 11.9. The molecule has 5 rings (SSSR count). The molecule has 2 heterocycles. The highest BCUT2D eigenvalue weighted by molar-refractivity contribution is 14.1.